The third-order valence-corrected chi connectivity index (χ3v) is 8.71. The maximum absolute atomic E-state index is 2.58. The molecule has 0 unspecified atom stereocenters. The second-order valence-corrected chi connectivity index (χ2v) is 10.0. The normalized spacial score (nSPS) is 48.1. The molecule has 0 spiro atoms. The molecule has 21 heavy (non-hydrogen) atoms. The van der Waals surface area contributed by atoms with Gasteiger partial charge >= 0.3 is 0 Å². The highest BCUT2D eigenvalue weighted by Gasteiger charge is 2.61. The lowest BCUT2D eigenvalue weighted by molar-refractivity contribution is -0.118. The molecular weight excluding hydrogens is 251 g/mol. The third kappa shape index (κ3) is 2.08. The van der Waals surface area contributed by atoms with E-state index < -0.39 is 0 Å². The number of rotatable bonds is 2. The van der Waals surface area contributed by atoms with E-state index in [4.69, 9.17) is 0 Å². The summed E-state index contributed by atoms with van der Waals surface area (Å²) >= 11 is 0. The van der Waals surface area contributed by atoms with Gasteiger partial charge in [-0.3, -0.25) is 0 Å². The Morgan fingerprint density at radius 3 is 1.95 bits per heavy atom. The Morgan fingerprint density at radius 2 is 1.48 bits per heavy atom. The van der Waals surface area contributed by atoms with Gasteiger partial charge in [0, 0.05) is 0 Å². The molecule has 2 heterocycles. The molecule has 2 aliphatic heterocycles. The zero-order valence-corrected chi connectivity index (χ0v) is 14.8. The molecule has 1 heteroatoms. The number of hydrogen-bond donors (Lipinski definition) is 0. The average Bonchev–Trinajstić information content (AvgIpc) is 2.45. The van der Waals surface area contributed by atoms with Gasteiger partial charge in [-0.1, -0.05) is 90.1 Å². The second-order valence-electron chi connectivity index (χ2n) is 10.0. The summed E-state index contributed by atoms with van der Waals surface area (Å²) in [5.74, 6) is 7.37. The van der Waals surface area contributed by atoms with Gasteiger partial charge in [0.15, 0.2) is 0 Å². The van der Waals surface area contributed by atoms with Crippen LogP contribution in [0.3, 0.4) is 0 Å². The molecule has 0 aromatic heterocycles. The fourth-order valence-corrected chi connectivity index (χ4v) is 7.69. The SMILES string of the molecule is CC(C)[C@H]1[C@H](B2C3CCCC2CCC3)C[C@H]2C[C@@H]1C2(C)C. The van der Waals surface area contributed by atoms with Crippen LogP contribution < -0.4 is 0 Å². The average molecular weight is 286 g/mol. The van der Waals surface area contributed by atoms with E-state index >= 15 is 0 Å². The van der Waals surface area contributed by atoms with Gasteiger partial charge in [0.1, 0.15) is 6.71 Å². The second kappa shape index (κ2) is 5.03. The molecule has 4 bridgehead atoms. The molecule has 5 fully saturated rings. The summed E-state index contributed by atoms with van der Waals surface area (Å²) in [6.45, 7) is 11.4. The van der Waals surface area contributed by atoms with Gasteiger partial charge in [0.2, 0.25) is 0 Å². The van der Waals surface area contributed by atoms with Gasteiger partial charge in [0.05, 0.1) is 0 Å². The van der Waals surface area contributed by atoms with Crippen molar-refractivity contribution in [2.24, 2.45) is 29.1 Å². The highest BCUT2D eigenvalue weighted by Crippen LogP contribution is 2.69. The van der Waals surface area contributed by atoms with E-state index in [1.54, 1.807) is 51.4 Å². The van der Waals surface area contributed by atoms with Crippen molar-refractivity contribution < 1.29 is 0 Å². The smallest absolute Gasteiger partial charge is 0.0625 e. The quantitative estimate of drug-likeness (QED) is 0.523. The van der Waals surface area contributed by atoms with Crippen LogP contribution in [-0.2, 0) is 0 Å². The van der Waals surface area contributed by atoms with Gasteiger partial charge in [-0.25, -0.2) is 0 Å². The topological polar surface area (TPSA) is 0 Å². The van der Waals surface area contributed by atoms with Crippen molar-refractivity contribution in [1.29, 1.82) is 0 Å². The predicted octanol–water partition coefficient (Wildman–Crippen LogP) is 6.30. The molecule has 2 saturated heterocycles. The molecule has 0 N–H and O–H groups in total. The van der Waals surface area contributed by atoms with E-state index in [0.717, 1.165) is 47.8 Å². The van der Waals surface area contributed by atoms with E-state index in [-0.39, 0.29) is 0 Å². The van der Waals surface area contributed by atoms with Crippen molar-refractivity contribution in [3.05, 3.63) is 0 Å². The standard InChI is InChI=1S/C20H35B/c1-13(2)19-17-11-14(20(17,3)4)12-18(19)21-15-7-5-8-16(21)10-6-9-15/h13-19H,5-12H2,1-4H3/t14-,15?,16?,17+,18-,19-/m1/s1. The molecule has 118 valence electrons. The fraction of sp³-hybridized carbons (Fsp3) is 1.00. The molecule has 3 aliphatic carbocycles. The van der Waals surface area contributed by atoms with Gasteiger partial charge in [-0.2, -0.15) is 0 Å². The van der Waals surface area contributed by atoms with Crippen molar-refractivity contribution in [3.63, 3.8) is 0 Å². The third-order valence-electron chi connectivity index (χ3n) is 8.71. The summed E-state index contributed by atoms with van der Waals surface area (Å²) in [6.07, 6.45) is 12.5. The van der Waals surface area contributed by atoms with Crippen LogP contribution in [0.25, 0.3) is 0 Å². The van der Waals surface area contributed by atoms with Gasteiger partial charge in [-0.05, 0) is 35.5 Å². The fourth-order valence-electron chi connectivity index (χ4n) is 7.69. The first-order chi connectivity index (χ1) is 10.00. The highest BCUT2D eigenvalue weighted by atomic mass is 14.6. The molecule has 5 rings (SSSR count). The van der Waals surface area contributed by atoms with Crippen molar-refractivity contribution in [2.75, 3.05) is 0 Å². The summed E-state index contributed by atoms with van der Waals surface area (Å²) in [4.78, 5) is 0. The van der Waals surface area contributed by atoms with Crippen molar-refractivity contribution in [1.82, 2.24) is 0 Å². The van der Waals surface area contributed by atoms with Crippen LogP contribution in [0.1, 0.15) is 79.1 Å². The van der Waals surface area contributed by atoms with Crippen LogP contribution in [0.5, 0.6) is 0 Å². The Bertz CT molecular complexity index is 375. The largest absolute Gasteiger partial charge is 0.149 e. The molecule has 4 atom stereocenters. The van der Waals surface area contributed by atoms with E-state index in [2.05, 4.69) is 27.7 Å². The van der Waals surface area contributed by atoms with E-state index in [1.165, 1.54) is 0 Å². The van der Waals surface area contributed by atoms with Gasteiger partial charge in [-0.15, -0.1) is 0 Å². The summed E-state index contributed by atoms with van der Waals surface area (Å²) in [5, 5.41) is 0. The molecule has 0 aromatic rings. The lowest BCUT2D eigenvalue weighted by atomic mass is 9.17. The van der Waals surface area contributed by atoms with Crippen molar-refractivity contribution in [2.45, 2.75) is 96.5 Å². The number of fused-ring (bicyclic) bond motifs is 5. The Balaban J connectivity index is 1.62. The molecular formula is C20H35B. The first-order valence-corrected chi connectivity index (χ1v) is 10.00. The molecule has 0 nitrogen and oxygen atoms in total. The maximum Gasteiger partial charge on any atom is 0.149 e. The molecule has 0 amide bonds. The monoisotopic (exact) mass is 286 g/mol. The van der Waals surface area contributed by atoms with Crippen LogP contribution in [-0.4, -0.2) is 6.71 Å². The minimum atomic E-state index is 0.662. The van der Waals surface area contributed by atoms with Gasteiger partial charge < -0.3 is 0 Å². The van der Waals surface area contributed by atoms with Crippen molar-refractivity contribution >= 4 is 6.71 Å². The summed E-state index contributed by atoms with van der Waals surface area (Å²) < 4.78 is 0. The highest BCUT2D eigenvalue weighted by molar-refractivity contribution is 6.64. The summed E-state index contributed by atoms with van der Waals surface area (Å²) in [7, 11) is 0. The summed E-state index contributed by atoms with van der Waals surface area (Å²) in [6, 6.07) is 0. The van der Waals surface area contributed by atoms with Crippen LogP contribution in [0.15, 0.2) is 0 Å². The molecule has 5 aliphatic rings. The van der Waals surface area contributed by atoms with Crippen LogP contribution in [0.4, 0.5) is 0 Å². The van der Waals surface area contributed by atoms with Crippen molar-refractivity contribution in [3.8, 4) is 0 Å². The van der Waals surface area contributed by atoms with E-state index in [0.29, 0.717) is 5.41 Å². The lowest BCUT2D eigenvalue weighted by Gasteiger charge is -2.66. The predicted molar refractivity (Wildman–Crippen MR) is 93.0 cm³/mol. The summed E-state index contributed by atoms with van der Waals surface area (Å²) in [5.41, 5.74) is 0.662. The number of hydrogen-bond acceptors (Lipinski definition) is 0. The molecule has 0 aromatic carbocycles. The molecule has 0 radical (unpaired) electrons. The van der Waals surface area contributed by atoms with Crippen LogP contribution in [0, 0.1) is 29.1 Å². The minimum absolute atomic E-state index is 0.662. The Labute approximate surface area is 132 Å². The van der Waals surface area contributed by atoms with E-state index in [9.17, 15) is 0 Å². The molecule has 3 saturated carbocycles. The minimum Gasteiger partial charge on any atom is -0.0625 e. The lowest BCUT2D eigenvalue weighted by Crippen LogP contribution is -2.59. The van der Waals surface area contributed by atoms with Crippen LogP contribution >= 0.6 is 0 Å². The first kappa shape index (κ1) is 14.6. The Kier molecular flexibility index (Phi) is 3.51. The first-order valence-electron chi connectivity index (χ1n) is 10.00. The van der Waals surface area contributed by atoms with E-state index in [1.807, 2.05) is 0 Å². The Morgan fingerprint density at radius 1 is 0.905 bits per heavy atom. The Hall–Kier alpha value is 0.0649. The van der Waals surface area contributed by atoms with Gasteiger partial charge in [0.25, 0.3) is 0 Å². The zero-order chi connectivity index (χ0) is 14.8. The van der Waals surface area contributed by atoms with Crippen LogP contribution in [0.2, 0.25) is 17.5 Å². The zero-order valence-electron chi connectivity index (χ0n) is 14.8. The maximum atomic E-state index is 2.58.